The molecule has 1 saturated carbocycles. The lowest BCUT2D eigenvalue weighted by molar-refractivity contribution is -0.150. The highest BCUT2D eigenvalue weighted by Gasteiger charge is 2.52. The quantitative estimate of drug-likeness (QED) is 0.724. The van der Waals surface area contributed by atoms with Gasteiger partial charge in [0.15, 0.2) is 0 Å². The van der Waals surface area contributed by atoms with E-state index >= 15 is 0 Å². The smallest absolute Gasteiger partial charge is 0.248 e. The number of nitrogens with zero attached hydrogens (tertiary/aromatic N) is 1. The van der Waals surface area contributed by atoms with Gasteiger partial charge in [-0.05, 0) is 32.6 Å². The average Bonchev–Trinajstić information content (AvgIpc) is 3.09. The lowest BCUT2D eigenvalue weighted by Crippen LogP contribution is -2.66. The molecule has 4 nitrogen and oxygen atoms in total. The number of nitrogens with one attached hydrogen (secondary N) is 1. The number of amides is 2. The van der Waals surface area contributed by atoms with E-state index in [9.17, 15) is 9.59 Å². The zero-order chi connectivity index (χ0) is 12.5. The fourth-order valence-corrected chi connectivity index (χ4v) is 2.39. The third-order valence-electron chi connectivity index (χ3n) is 3.54. The van der Waals surface area contributed by atoms with Crippen molar-refractivity contribution in [3.8, 4) is 11.8 Å². The molecular formula is C13H18N2O2. The van der Waals surface area contributed by atoms with Crippen LogP contribution in [0, 0.1) is 17.8 Å². The first-order chi connectivity index (χ1) is 8.08. The van der Waals surface area contributed by atoms with Gasteiger partial charge in [-0.2, -0.15) is 0 Å². The Morgan fingerprint density at radius 1 is 1.47 bits per heavy atom. The normalized spacial score (nSPS) is 28.5. The van der Waals surface area contributed by atoms with Gasteiger partial charge in [0.1, 0.15) is 5.54 Å². The van der Waals surface area contributed by atoms with Crippen molar-refractivity contribution in [1.82, 2.24) is 10.2 Å². The maximum Gasteiger partial charge on any atom is 0.248 e. The molecule has 4 heteroatoms. The zero-order valence-corrected chi connectivity index (χ0v) is 10.4. The molecule has 2 aliphatic rings. The van der Waals surface area contributed by atoms with Crippen molar-refractivity contribution in [2.24, 2.45) is 5.92 Å². The molecule has 1 heterocycles. The number of carbonyl (C=O) groups excluding carboxylic acids is 2. The minimum absolute atomic E-state index is 0.0524. The van der Waals surface area contributed by atoms with Crippen molar-refractivity contribution >= 4 is 11.8 Å². The zero-order valence-electron chi connectivity index (χ0n) is 10.4. The molecule has 17 heavy (non-hydrogen) atoms. The van der Waals surface area contributed by atoms with Crippen molar-refractivity contribution in [3.05, 3.63) is 0 Å². The Kier molecular flexibility index (Phi) is 3.10. The third-order valence-corrected chi connectivity index (χ3v) is 3.54. The molecule has 1 N–H and O–H groups in total. The molecule has 0 bridgehead atoms. The Bertz CT molecular complexity index is 403. The lowest BCUT2D eigenvalue weighted by atomic mass is 9.91. The van der Waals surface area contributed by atoms with E-state index in [1.807, 2.05) is 6.92 Å². The second-order valence-electron chi connectivity index (χ2n) is 4.93. The summed E-state index contributed by atoms with van der Waals surface area (Å²) in [4.78, 5) is 25.6. The monoisotopic (exact) mass is 234 g/mol. The van der Waals surface area contributed by atoms with Gasteiger partial charge in [0.25, 0.3) is 0 Å². The van der Waals surface area contributed by atoms with E-state index in [0.29, 0.717) is 18.9 Å². The molecule has 1 saturated heterocycles. The SMILES string of the molecule is CC#CCCN1CC(=O)NC(C)(C2CC2)C1=O. The summed E-state index contributed by atoms with van der Waals surface area (Å²) in [6, 6.07) is 0. The van der Waals surface area contributed by atoms with Crippen LogP contribution < -0.4 is 5.32 Å². The predicted octanol–water partition coefficient (Wildman–Crippen LogP) is 0.527. The standard InChI is InChI=1S/C13H18N2O2/c1-3-4-5-8-15-9-11(16)14-13(2,12(15)17)10-6-7-10/h10H,5-9H2,1-2H3,(H,14,16). The number of piperazine rings is 1. The van der Waals surface area contributed by atoms with E-state index in [1.54, 1.807) is 11.8 Å². The Morgan fingerprint density at radius 3 is 2.76 bits per heavy atom. The summed E-state index contributed by atoms with van der Waals surface area (Å²) in [5.74, 6) is 6.05. The van der Waals surface area contributed by atoms with E-state index in [-0.39, 0.29) is 18.4 Å². The molecule has 92 valence electrons. The van der Waals surface area contributed by atoms with Gasteiger partial charge in [0.2, 0.25) is 11.8 Å². The first-order valence-corrected chi connectivity index (χ1v) is 6.08. The summed E-state index contributed by atoms with van der Waals surface area (Å²) in [5, 5.41) is 2.86. The fourth-order valence-electron chi connectivity index (χ4n) is 2.39. The molecule has 2 fully saturated rings. The maximum atomic E-state index is 12.3. The van der Waals surface area contributed by atoms with Crippen molar-refractivity contribution in [1.29, 1.82) is 0 Å². The fraction of sp³-hybridized carbons (Fsp3) is 0.692. The number of hydrogen-bond acceptors (Lipinski definition) is 2. The highest BCUT2D eigenvalue weighted by molar-refractivity contribution is 5.98. The van der Waals surface area contributed by atoms with Gasteiger partial charge >= 0.3 is 0 Å². The molecule has 1 aliphatic carbocycles. The average molecular weight is 234 g/mol. The molecule has 0 radical (unpaired) electrons. The first-order valence-electron chi connectivity index (χ1n) is 6.08. The molecule has 0 aromatic rings. The van der Waals surface area contributed by atoms with Gasteiger partial charge in [-0.15, -0.1) is 11.8 Å². The van der Waals surface area contributed by atoms with E-state index in [4.69, 9.17) is 0 Å². The number of carbonyl (C=O) groups is 2. The molecular weight excluding hydrogens is 216 g/mol. The molecule has 0 aromatic carbocycles. The lowest BCUT2D eigenvalue weighted by Gasteiger charge is -2.39. The Labute approximate surface area is 102 Å². The van der Waals surface area contributed by atoms with Crippen LogP contribution >= 0.6 is 0 Å². The number of hydrogen-bond donors (Lipinski definition) is 1. The number of rotatable bonds is 3. The second-order valence-corrected chi connectivity index (χ2v) is 4.93. The Hall–Kier alpha value is -1.50. The van der Waals surface area contributed by atoms with E-state index in [2.05, 4.69) is 17.2 Å². The second kappa shape index (κ2) is 4.40. The highest BCUT2D eigenvalue weighted by Crippen LogP contribution is 2.41. The Balaban J connectivity index is 2.07. The van der Waals surface area contributed by atoms with Gasteiger partial charge in [0.05, 0.1) is 6.54 Å². The van der Waals surface area contributed by atoms with Crippen LogP contribution in [0.2, 0.25) is 0 Å². The van der Waals surface area contributed by atoms with E-state index in [1.165, 1.54) is 0 Å². The third kappa shape index (κ3) is 2.28. The van der Waals surface area contributed by atoms with Crippen molar-refractivity contribution in [2.75, 3.05) is 13.1 Å². The molecule has 0 spiro atoms. The summed E-state index contributed by atoms with van der Waals surface area (Å²) in [5.41, 5.74) is -0.672. The van der Waals surface area contributed by atoms with Gasteiger partial charge in [0, 0.05) is 13.0 Å². The van der Waals surface area contributed by atoms with Gasteiger partial charge in [-0.1, -0.05) is 0 Å². The summed E-state index contributed by atoms with van der Waals surface area (Å²) in [6.07, 6.45) is 2.70. The molecule has 2 amide bonds. The van der Waals surface area contributed by atoms with Crippen molar-refractivity contribution < 1.29 is 9.59 Å². The first kappa shape index (κ1) is 12.0. The highest BCUT2D eigenvalue weighted by atomic mass is 16.2. The van der Waals surface area contributed by atoms with Crippen LogP contribution in [0.1, 0.15) is 33.1 Å². The molecule has 1 unspecified atom stereocenters. The van der Waals surface area contributed by atoms with Gasteiger partial charge in [-0.25, -0.2) is 0 Å². The van der Waals surface area contributed by atoms with Crippen LogP contribution in [0.15, 0.2) is 0 Å². The van der Waals surface area contributed by atoms with Crippen LogP contribution in [0.3, 0.4) is 0 Å². The van der Waals surface area contributed by atoms with E-state index in [0.717, 1.165) is 12.8 Å². The minimum Gasteiger partial charge on any atom is -0.340 e. The summed E-state index contributed by atoms with van der Waals surface area (Å²) in [6.45, 7) is 4.35. The van der Waals surface area contributed by atoms with Crippen molar-refractivity contribution in [2.45, 2.75) is 38.6 Å². The predicted molar refractivity (Wildman–Crippen MR) is 63.9 cm³/mol. The van der Waals surface area contributed by atoms with Crippen LogP contribution in [-0.4, -0.2) is 35.3 Å². The van der Waals surface area contributed by atoms with Gasteiger partial charge in [-0.3, -0.25) is 9.59 Å². The maximum absolute atomic E-state index is 12.3. The van der Waals surface area contributed by atoms with Crippen LogP contribution in [-0.2, 0) is 9.59 Å². The minimum atomic E-state index is -0.672. The molecule has 2 rings (SSSR count). The van der Waals surface area contributed by atoms with Gasteiger partial charge < -0.3 is 10.2 Å². The Morgan fingerprint density at radius 2 is 2.18 bits per heavy atom. The van der Waals surface area contributed by atoms with Crippen LogP contribution in [0.4, 0.5) is 0 Å². The summed E-state index contributed by atoms with van der Waals surface area (Å²) in [7, 11) is 0. The largest absolute Gasteiger partial charge is 0.340 e. The molecule has 1 aliphatic heterocycles. The van der Waals surface area contributed by atoms with Crippen LogP contribution in [0.5, 0.6) is 0 Å². The van der Waals surface area contributed by atoms with Crippen LogP contribution in [0.25, 0.3) is 0 Å². The molecule has 1 atom stereocenters. The topological polar surface area (TPSA) is 49.4 Å². The molecule has 0 aromatic heterocycles. The van der Waals surface area contributed by atoms with E-state index < -0.39 is 5.54 Å². The summed E-state index contributed by atoms with van der Waals surface area (Å²) < 4.78 is 0. The summed E-state index contributed by atoms with van der Waals surface area (Å²) >= 11 is 0. The van der Waals surface area contributed by atoms with Crippen molar-refractivity contribution in [3.63, 3.8) is 0 Å².